The minimum Gasteiger partial charge on any atom is -0.326 e. The molecule has 0 aromatic heterocycles. The summed E-state index contributed by atoms with van der Waals surface area (Å²) in [6, 6.07) is 5.62. The molecule has 1 N–H and O–H groups in total. The van der Waals surface area contributed by atoms with E-state index in [2.05, 4.69) is 5.32 Å². The first kappa shape index (κ1) is 7.72. The van der Waals surface area contributed by atoms with Crippen molar-refractivity contribution in [3.8, 4) is 0 Å². The number of carbonyl (C=O) groups is 1. The average Bonchev–Trinajstić information content (AvgIpc) is 1.93. The number of nitrogens with one attached hydrogen (secondary N) is 1. The zero-order valence-electron chi connectivity index (χ0n) is 6.10. The number of amides is 1. The van der Waals surface area contributed by atoms with E-state index in [1.807, 2.05) is 0 Å². The second kappa shape index (κ2) is 3.14. The topological polar surface area (TPSA) is 29.1 Å². The molecule has 0 bridgehead atoms. The Morgan fingerprint density at radius 2 is 2.00 bits per heavy atom. The Labute approximate surface area is 65.5 Å². The van der Waals surface area contributed by atoms with Crippen molar-refractivity contribution in [1.29, 1.82) is 0 Å². The van der Waals surface area contributed by atoms with Gasteiger partial charge in [0.1, 0.15) is 5.82 Å². The highest BCUT2D eigenvalue weighted by Crippen LogP contribution is 2.07. The van der Waals surface area contributed by atoms with Gasteiger partial charge < -0.3 is 5.32 Å². The van der Waals surface area contributed by atoms with Gasteiger partial charge in [-0.25, -0.2) is 4.39 Å². The van der Waals surface area contributed by atoms with Crippen molar-refractivity contribution in [3.05, 3.63) is 30.1 Å². The summed E-state index contributed by atoms with van der Waals surface area (Å²) < 4.78 is 12.3. The minimum atomic E-state index is -0.306. The van der Waals surface area contributed by atoms with Gasteiger partial charge in [-0.1, -0.05) is 0 Å². The van der Waals surface area contributed by atoms with Crippen molar-refractivity contribution in [1.82, 2.24) is 0 Å². The normalized spacial score (nSPS) is 9.27. The molecule has 0 fully saturated rings. The third-order valence-corrected chi connectivity index (χ3v) is 1.16. The number of hydrogen-bond acceptors (Lipinski definition) is 1. The first-order chi connectivity index (χ1) is 5.18. The highest BCUT2D eigenvalue weighted by Gasteiger charge is 1.93. The van der Waals surface area contributed by atoms with Crippen molar-refractivity contribution in [2.75, 3.05) is 5.32 Å². The van der Waals surface area contributed by atoms with Crippen LogP contribution in [-0.2, 0) is 4.79 Å². The second-order valence-electron chi connectivity index (χ2n) is 2.19. The number of halogens is 1. The summed E-state index contributed by atoms with van der Waals surface area (Å²) in [7, 11) is 0. The molecule has 0 spiro atoms. The number of benzene rings is 1. The lowest BCUT2D eigenvalue weighted by Gasteiger charge is -1.99. The van der Waals surface area contributed by atoms with E-state index in [-0.39, 0.29) is 13.2 Å². The van der Waals surface area contributed by atoms with Crippen LogP contribution in [0.4, 0.5) is 10.1 Å². The number of hydrogen-bond donors (Lipinski definition) is 1. The fraction of sp³-hybridized carbons (Fsp3) is 0.125. The maximum atomic E-state index is 12.3. The third-order valence-electron chi connectivity index (χ3n) is 1.16. The van der Waals surface area contributed by atoms with E-state index >= 15 is 0 Å². The summed E-state index contributed by atoms with van der Waals surface area (Å²) in [6.45, 7) is 1.41. The molecule has 1 amide bonds. The molecule has 3 heteroatoms. The molecule has 2 nitrogen and oxygen atoms in total. The van der Waals surface area contributed by atoms with Crippen molar-refractivity contribution in [3.63, 3.8) is 0 Å². The maximum absolute atomic E-state index is 12.3. The van der Waals surface area contributed by atoms with Crippen LogP contribution >= 0.6 is 0 Å². The third kappa shape index (κ3) is 2.37. The summed E-state index contributed by atoms with van der Waals surface area (Å²) in [6.07, 6.45) is 0. The lowest BCUT2D eigenvalue weighted by molar-refractivity contribution is -0.114. The fourth-order valence-electron chi connectivity index (χ4n) is 0.736. The molecule has 1 rings (SSSR count). The molecule has 0 heterocycles. The smallest absolute Gasteiger partial charge is 0.221 e. The van der Waals surface area contributed by atoms with Gasteiger partial charge in [0.05, 0.1) is 0 Å². The lowest BCUT2D eigenvalue weighted by Crippen LogP contribution is -2.05. The van der Waals surface area contributed by atoms with Crippen LogP contribution in [-0.4, -0.2) is 5.91 Å². The monoisotopic (exact) mass is 155 g/mol. The summed E-state index contributed by atoms with van der Waals surface area (Å²) in [4.78, 5) is 10.5. The molecule has 1 aromatic rings. The van der Waals surface area contributed by atoms with Crippen molar-refractivity contribution in [2.24, 2.45) is 0 Å². The standard InChI is InChI=1S/C8H8FNO.H2/c1-6(11)10-8-4-2-7(9)3-5-8;/h2-5H,1H3,(H,10,11);1H. The van der Waals surface area contributed by atoms with Gasteiger partial charge in [0, 0.05) is 14.0 Å². The predicted octanol–water partition coefficient (Wildman–Crippen LogP) is 2.03. The Kier molecular flexibility index (Phi) is 2.21. The zero-order valence-corrected chi connectivity index (χ0v) is 6.10. The SMILES string of the molecule is CC(=O)Nc1ccc(F)cc1.[HH]. The molecule has 1 aromatic carbocycles. The Bertz CT molecular complexity index is 260. The minimum absolute atomic E-state index is 0. The molecule has 0 radical (unpaired) electrons. The summed E-state index contributed by atoms with van der Waals surface area (Å²) in [5.74, 6) is -0.462. The Morgan fingerprint density at radius 1 is 1.45 bits per heavy atom. The molecule has 11 heavy (non-hydrogen) atoms. The van der Waals surface area contributed by atoms with Gasteiger partial charge in [0.15, 0.2) is 0 Å². The first-order valence-electron chi connectivity index (χ1n) is 3.21. The highest BCUT2D eigenvalue weighted by molar-refractivity contribution is 5.88. The number of rotatable bonds is 1. The molecular weight excluding hydrogens is 145 g/mol. The molecule has 0 aliphatic heterocycles. The molecule has 0 saturated heterocycles. The van der Waals surface area contributed by atoms with Gasteiger partial charge in [0.2, 0.25) is 5.91 Å². The zero-order chi connectivity index (χ0) is 8.27. The van der Waals surface area contributed by atoms with E-state index in [1.54, 1.807) is 0 Å². The lowest BCUT2D eigenvalue weighted by atomic mass is 10.3. The number of anilines is 1. The Balaban J connectivity index is 0.00000121. The molecule has 0 aliphatic carbocycles. The molecule has 0 unspecified atom stereocenters. The maximum Gasteiger partial charge on any atom is 0.221 e. The van der Waals surface area contributed by atoms with Crippen LogP contribution in [0.3, 0.4) is 0 Å². The quantitative estimate of drug-likeness (QED) is 0.660. The van der Waals surface area contributed by atoms with Gasteiger partial charge in [-0.3, -0.25) is 4.79 Å². The summed E-state index contributed by atoms with van der Waals surface area (Å²) in [5, 5.41) is 2.53. The van der Waals surface area contributed by atoms with Crippen LogP contribution < -0.4 is 5.32 Å². The van der Waals surface area contributed by atoms with Gasteiger partial charge in [-0.2, -0.15) is 0 Å². The molecule has 60 valence electrons. The van der Waals surface area contributed by atoms with E-state index < -0.39 is 0 Å². The van der Waals surface area contributed by atoms with Crippen LogP contribution in [0.1, 0.15) is 8.35 Å². The molecule has 0 aliphatic rings. The largest absolute Gasteiger partial charge is 0.326 e. The van der Waals surface area contributed by atoms with Crippen LogP contribution in [0.2, 0.25) is 0 Å². The van der Waals surface area contributed by atoms with Crippen LogP contribution in [0.15, 0.2) is 24.3 Å². The predicted molar refractivity (Wildman–Crippen MR) is 42.8 cm³/mol. The van der Waals surface area contributed by atoms with Crippen LogP contribution in [0.5, 0.6) is 0 Å². The highest BCUT2D eigenvalue weighted by atomic mass is 19.1. The number of carbonyl (C=O) groups excluding carboxylic acids is 1. The van der Waals surface area contributed by atoms with E-state index in [0.29, 0.717) is 5.69 Å². The average molecular weight is 155 g/mol. The van der Waals surface area contributed by atoms with Gasteiger partial charge in [0.25, 0.3) is 0 Å². The Morgan fingerprint density at radius 3 is 2.45 bits per heavy atom. The molecule has 0 atom stereocenters. The van der Waals surface area contributed by atoms with E-state index in [4.69, 9.17) is 0 Å². The summed E-state index contributed by atoms with van der Waals surface area (Å²) >= 11 is 0. The molecule has 0 saturated carbocycles. The van der Waals surface area contributed by atoms with Crippen molar-refractivity contribution >= 4 is 11.6 Å². The summed E-state index contributed by atoms with van der Waals surface area (Å²) in [5.41, 5.74) is 0.610. The first-order valence-corrected chi connectivity index (χ1v) is 3.21. The van der Waals surface area contributed by atoms with Gasteiger partial charge in [-0.15, -0.1) is 0 Å². The van der Waals surface area contributed by atoms with E-state index in [0.717, 1.165) is 0 Å². The van der Waals surface area contributed by atoms with Crippen LogP contribution in [0.25, 0.3) is 0 Å². The van der Waals surface area contributed by atoms with Gasteiger partial charge >= 0.3 is 0 Å². The van der Waals surface area contributed by atoms with E-state index in [9.17, 15) is 9.18 Å². The van der Waals surface area contributed by atoms with Crippen molar-refractivity contribution < 1.29 is 10.6 Å². The molecular formula is C8H10FNO. The fourth-order valence-corrected chi connectivity index (χ4v) is 0.736. The van der Waals surface area contributed by atoms with Crippen molar-refractivity contribution in [2.45, 2.75) is 6.92 Å². The van der Waals surface area contributed by atoms with Crippen LogP contribution in [0, 0.1) is 5.82 Å². The Hall–Kier alpha value is -1.38. The van der Waals surface area contributed by atoms with E-state index in [1.165, 1.54) is 31.2 Å². The van der Waals surface area contributed by atoms with Gasteiger partial charge in [-0.05, 0) is 24.3 Å². The second-order valence-corrected chi connectivity index (χ2v) is 2.19.